The number of halogens is 2. The molecule has 0 bridgehead atoms. The SMILES string of the molecule is CCn1ccc(=O)c(NC(=O)[C@H]2C[C@@H]2c2ccc(F)c(F)c2)c1. The third-order valence-corrected chi connectivity index (χ3v) is 4.10. The largest absolute Gasteiger partial charge is 0.352 e. The van der Waals surface area contributed by atoms with E-state index in [1.54, 1.807) is 17.0 Å². The van der Waals surface area contributed by atoms with E-state index in [-0.39, 0.29) is 28.9 Å². The van der Waals surface area contributed by atoms with Crippen LogP contribution in [0.3, 0.4) is 0 Å². The van der Waals surface area contributed by atoms with Gasteiger partial charge in [-0.15, -0.1) is 0 Å². The quantitative estimate of drug-likeness (QED) is 0.942. The predicted molar refractivity (Wildman–Crippen MR) is 82.2 cm³/mol. The summed E-state index contributed by atoms with van der Waals surface area (Å²) >= 11 is 0. The first-order valence-electron chi connectivity index (χ1n) is 7.45. The number of amides is 1. The molecule has 1 heterocycles. The van der Waals surface area contributed by atoms with Gasteiger partial charge in [0.15, 0.2) is 11.6 Å². The summed E-state index contributed by atoms with van der Waals surface area (Å²) < 4.78 is 28.0. The van der Waals surface area contributed by atoms with Gasteiger partial charge in [-0.05, 0) is 37.0 Å². The third-order valence-electron chi connectivity index (χ3n) is 4.10. The first kappa shape index (κ1) is 15.4. The molecule has 1 saturated carbocycles. The summed E-state index contributed by atoms with van der Waals surface area (Å²) in [6, 6.07) is 5.08. The molecule has 0 aliphatic heterocycles. The van der Waals surface area contributed by atoms with Gasteiger partial charge in [0.05, 0.1) is 0 Å². The van der Waals surface area contributed by atoms with Crippen molar-refractivity contribution in [2.75, 3.05) is 5.32 Å². The van der Waals surface area contributed by atoms with Crippen LogP contribution in [0.15, 0.2) is 41.5 Å². The van der Waals surface area contributed by atoms with Crippen LogP contribution in [0.4, 0.5) is 14.5 Å². The third kappa shape index (κ3) is 3.16. The minimum absolute atomic E-state index is 0.137. The lowest BCUT2D eigenvalue weighted by atomic mass is 10.1. The maximum absolute atomic E-state index is 13.3. The van der Waals surface area contributed by atoms with Gasteiger partial charge in [0.25, 0.3) is 0 Å². The van der Waals surface area contributed by atoms with Crippen molar-refractivity contribution in [3.63, 3.8) is 0 Å². The summed E-state index contributed by atoms with van der Waals surface area (Å²) in [7, 11) is 0. The molecule has 3 rings (SSSR count). The van der Waals surface area contributed by atoms with Crippen molar-refractivity contribution in [3.05, 3.63) is 64.1 Å². The second-order valence-corrected chi connectivity index (χ2v) is 5.66. The first-order valence-corrected chi connectivity index (χ1v) is 7.45. The van der Waals surface area contributed by atoms with Gasteiger partial charge in [0, 0.05) is 30.9 Å². The highest BCUT2D eigenvalue weighted by Gasteiger charge is 2.44. The Morgan fingerprint density at radius 1 is 1.30 bits per heavy atom. The molecule has 0 spiro atoms. The molecule has 0 saturated heterocycles. The number of aromatic nitrogens is 1. The van der Waals surface area contributed by atoms with E-state index in [0.717, 1.165) is 12.1 Å². The zero-order chi connectivity index (χ0) is 16.6. The number of rotatable bonds is 4. The molecule has 1 aromatic carbocycles. The average molecular weight is 318 g/mol. The summed E-state index contributed by atoms with van der Waals surface area (Å²) in [6.45, 7) is 2.61. The van der Waals surface area contributed by atoms with Crippen molar-refractivity contribution < 1.29 is 13.6 Å². The zero-order valence-electron chi connectivity index (χ0n) is 12.6. The van der Waals surface area contributed by atoms with Gasteiger partial charge in [-0.1, -0.05) is 6.07 Å². The van der Waals surface area contributed by atoms with Crippen molar-refractivity contribution in [1.82, 2.24) is 4.57 Å². The molecule has 4 nitrogen and oxygen atoms in total. The lowest BCUT2D eigenvalue weighted by Crippen LogP contribution is -2.21. The highest BCUT2D eigenvalue weighted by molar-refractivity contribution is 5.95. The molecule has 1 amide bonds. The van der Waals surface area contributed by atoms with E-state index in [4.69, 9.17) is 0 Å². The summed E-state index contributed by atoms with van der Waals surface area (Å²) in [5.41, 5.74) is 0.575. The number of nitrogens with one attached hydrogen (secondary N) is 1. The molecular formula is C17H16F2N2O2. The van der Waals surface area contributed by atoms with Crippen LogP contribution in [0, 0.1) is 17.6 Å². The number of benzene rings is 1. The molecule has 1 aliphatic rings. The normalized spacial score (nSPS) is 19.4. The van der Waals surface area contributed by atoms with Crippen LogP contribution >= 0.6 is 0 Å². The fourth-order valence-electron chi connectivity index (χ4n) is 2.64. The lowest BCUT2D eigenvalue weighted by molar-refractivity contribution is -0.117. The predicted octanol–water partition coefficient (Wildman–Crippen LogP) is 2.89. The molecule has 1 aromatic heterocycles. The van der Waals surface area contributed by atoms with Crippen LogP contribution in [0.25, 0.3) is 0 Å². The Hall–Kier alpha value is -2.50. The van der Waals surface area contributed by atoms with Crippen molar-refractivity contribution in [3.8, 4) is 0 Å². The van der Waals surface area contributed by atoms with E-state index in [1.807, 2.05) is 6.92 Å². The molecule has 0 radical (unpaired) electrons. The maximum Gasteiger partial charge on any atom is 0.228 e. The highest BCUT2D eigenvalue weighted by Crippen LogP contribution is 2.48. The molecule has 1 aliphatic carbocycles. The Bertz CT molecular complexity index is 816. The van der Waals surface area contributed by atoms with Crippen LogP contribution in [0.2, 0.25) is 0 Å². The van der Waals surface area contributed by atoms with E-state index in [2.05, 4.69) is 5.32 Å². The summed E-state index contributed by atoms with van der Waals surface area (Å²) in [6.07, 6.45) is 3.81. The molecule has 0 unspecified atom stereocenters. The number of aryl methyl sites for hydroxylation is 1. The Labute approximate surface area is 131 Å². The second-order valence-electron chi connectivity index (χ2n) is 5.66. The summed E-state index contributed by atoms with van der Waals surface area (Å²) in [5.74, 6) is -2.55. The van der Waals surface area contributed by atoms with Gasteiger partial charge >= 0.3 is 0 Å². The topological polar surface area (TPSA) is 51.1 Å². The van der Waals surface area contributed by atoms with Crippen molar-refractivity contribution >= 4 is 11.6 Å². The van der Waals surface area contributed by atoms with Gasteiger partial charge in [0.1, 0.15) is 5.69 Å². The van der Waals surface area contributed by atoms with E-state index in [9.17, 15) is 18.4 Å². The van der Waals surface area contributed by atoms with Crippen molar-refractivity contribution in [2.45, 2.75) is 25.8 Å². The summed E-state index contributed by atoms with van der Waals surface area (Å²) in [4.78, 5) is 24.0. The molecular weight excluding hydrogens is 302 g/mol. The van der Waals surface area contributed by atoms with Crippen molar-refractivity contribution in [2.24, 2.45) is 5.92 Å². The number of hydrogen-bond acceptors (Lipinski definition) is 2. The number of carbonyl (C=O) groups is 1. The molecule has 1 N–H and O–H groups in total. The summed E-state index contributed by atoms with van der Waals surface area (Å²) in [5, 5.41) is 2.63. The first-order chi connectivity index (χ1) is 11.0. The molecule has 23 heavy (non-hydrogen) atoms. The minimum atomic E-state index is -0.914. The number of nitrogens with zero attached hydrogens (tertiary/aromatic N) is 1. The fraction of sp³-hybridized carbons (Fsp3) is 0.294. The van der Waals surface area contributed by atoms with E-state index < -0.39 is 11.6 Å². The van der Waals surface area contributed by atoms with Gasteiger partial charge < -0.3 is 9.88 Å². The minimum Gasteiger partial charge on any atom is -0.352 e. The fourth-order valence-corrected chi connectivity index (χ4v) is 2.64. The van der Waals surface area contributed by atoms with Crippen LogP contribution in [0.1, 0.15) is 24.8 Å². The van der Waals surface area contributed by atoms with Crippen LogP contribution in [-0.2, 0) is 11.3 Å². The number of hydrogen-bond donors (Lipinski definition) is 1. The molecule has 6 heteroatoms. The standard InChI is InChI=1S/C17H16F2N2O2/c1-2-21-6-5-16(22)15(9-21)20-17(23)12-8-11(12)10-3-4-13(18)14(19)7-10/h3-7,9,11-12H,2,8H2,1H3,(H,20,23)/t11-,12+/m1/s1. The van der Waals surface area contributed by atoms with E-state index >= 15 is 0 Å². The average Bonchev–Trinajstić information content (AvgIpc) is 3.33. The highest BCUT2D eigenvalue weighted by atomic mass is 19.2. The molecule has 2 atom stereocenters. The van der Waals surface area contributed by atoms with Gasteiger partial charge in [-0.2, -0.15) is 0 Å². The molecule has 1 fully saturated rings. The monoisotopic (exact) mass is 318 g/mol. The smallest absolute Gasteiger partial charge is 0.228 e. The van der Waals surface area contributed by atoms with Gasteiger partial charge in [-0.3, -0.25) is 9.59 Å². The lowest BCUT2D eigenvalue weighted by Gasteiger charge is -2.08. The Balaban J connectivity index is 1.71. The number of carbonyl (C=O) groups excluding carboxylic acids is 1. The van der Waals surface area contributed by atoms with Crippen LogP contribution in [0.5, 0.6) is 0 Å². The molecule has 120 valence electrons. The van der Waals surface area contributed by atoms with Gasteiger partial charge in [-0.25, -0.2) is 8.78 Å². The van der Waals surface area contributed by atoms with E-state index in [1.165, 1.54) is 12.1 Å². The molecule has 2 aromatic rings. The maximum atomic E-state index is 13.3. The second kappa shape index (κ2) is 5.95. The number of anilines is 1. The Morgan fingerprint density at radius 3 is 2.78 bits per heavy atom. The zero-order valence-corrected chi connectivity index (χ0v) is 12.6. The van der Waals surface area contributed by atoms with Crippen LogP contribution < -0.4 is 10.7 Å². The van der Waals surface area contributed by atoms with Gasteiger partial charge in [0.2, 0.25) is 11.3 Å². The Kier molecular flexibility index (Phi) is 3.98. The Morgan fingerprint density at radius 2 is 2.09 bits per heavy atom. The number of pyridine rings is 1. The van der Waals surface area contributed by atoms with Crippen LogP contribution in [-0.4, -0.2) is 10.5 Å². The van der Waals surface area contributed by atoms with Crippen molar-refractivity contribution in [1.29, 1.82) is 0 Å². The van der Waals surface area contributed by atoms with E-state index in [0.29, 0.717) is 18.5 Å².